The molecule has 0 amide bonds. The van der Waals surface area contributed by atoms with Crippen molar-refractivity contribution in [2.45, 2.75) is 13.5 Å². The van der Waals surface area contributed by atoms with Crippen molar-refractivity contribution in [2.24, 2.45) is 0 Å². The van der Waals surface area contributed by atoms with Crippen molar-refractivity contribution in [1.29, 1.82) is 0 Å². The van der Waals surface area contributed by atoms with Gasteiger partial charge >= 0.3 is 0 Å². The molecule has 1 nitrogen and oxygen atoms in total. The van der Waals surface area contributed by atoms with Gasteiger partial charge in [0.2, 0.25) is 0 Å². The number of ether oxygens (including phenoxy) is 1. The predicted molar refractivity (Wildman–Crippen MR) is 77.4 cm³/mol. The molecule has 2 rings (SSSR count). The molecule has 2 aromatic rings. The fourth-order valence-corrected chi connectivity index (χ4v) is 3.15. The van der Waals surface area contributed by atoms with Crippen molar-refractivity contribution in [1.82, 2.24) is 0 Å². The van der Waals surface area contributed by atoms with Crippen LogP contribution in [0.2, 0.25) is 0 Å². The summed E-state index contributed by atoms with van der Waals surface area (Å²) in [5.74, 6) is 0.900. The third-order valence-electron chi connectivity index (χ3n) is 2.42. The number of halogens is 2. The van der Waals surface area contributed by atoms with E-state index in [0.29, 0.717) is 6.61 Å². The van der Waals surface area contributed by atoms with Crippen LogP contribution in [0.1, 0.15) is 11.1 Å². The number of aryl methyl sites for hydroxylation is 1. The van der Waals surface area contributed by atoms with E-state index in [0.717, 1.165) is 20.3 Å². The van der Waals surface area contributed by atoms with Gasteiger partial charge in [-0.3, -0.25) is 0 Å². The van der Waals surface area contributed by atoms with Crippen molar-refractivity contribution in [2.75, 3.05) is 0 Å². The number of rotatable bonds is 3. The molecule has 0 radical (unpaired) electrons. The van der Waals surface area contributed by atoms with E-state index >= 15 is 0 Å². The van der Waals surface area contributed by atoms with Crippen LogP contribution in [-0.4, -0.2) is 0 Å². The molecule has 0 N–H and O–H groups in total. The number of hydrogen-bond acceptors (Lipinski definition) is 1. The molecule has 0 unspecified atom stereocenters. The second kappa shape index (κ2) is 5.69. The van der Waals surface area contributed by atoms with Crippen molar-refractivity contribution in [3.05, 3.63) is 62.5 Å². The van der Waals surface area contributed by atoms with Crippen LogP contribution in [0.4, 0.5) is 0 Å². The Morgan fingerprint density at radius 3 is 2.41 bits per heavy atom. The summed E-state index contributed by atoms with van der Waals surface area (Å²) in [6.07, 6.45) is 0. The quantitative estimate of drug-likeness (QED) is 0.744. The molecule has 0 aliphatic carbocycles. The third-order valence-corrected chi connectivity index (χ3v) is 3.47. The van der Waals surface area contributed by atoms with Gasteiger partial charge in [-0.1, -0.05) is 46.3 Å². The van der Waals surface area contributed by atoms with E-state index < -0.39 is 0 Å². The normalized spacial score (nSPS) is 10.3. The van der Waals surface area contributed by atoms with Gasteiger partial charge in [-0.25, -0.2) is 0 Å². The second-order valence-electron chi connectivity index (χ2n) is 3.81. The Labute approximate surface area is 118 Å². The number of benzene rings is 2. The SMILES string of the molecule is Cc1cc(Br)cc(Br)c1OCc1ccccc1. The van der Waals surface area contributed by atoms with Gasteiger partial charge in [-0.15, -0.1) is 0 Å². The van der Waals surface area contributed by atoms with E-state index in [1.165, 1.54) is 5.56 Å². The van der Waals surface area contributed by atoms with E-state index in [1.54, 1.807) is 0 Å². The first kappa shape index (κ1) is 12.7. The first-order valence-corrected chi connectivity index (χ1v) is 6.88. The van der Waals surface area contributed by atoms with Crippen LogP contribution in [0.3, 0.4) is 0 Å². The van der Waals surface area contributed by atoms with Gasteiger partial charge in [0.1, 0.15) is 12.4 Å². The first-order valence-electron chi connectivity index (χ1n) is 5.29. The summed E-state index contributed by atoms with van der Waals surface area (Å²) in [7, 11) is 0. The topological polar surface area (TPSA) is 9.23 Å². The van der Waals surface area contributed by atoms with Gasteiger partial charge in [-0.05, 0) is 46.1 Å². The molecule has 0 aliphatic rings. The Balaban J connectivity index is 2.15. The molecule has 2 aromatic carbocycles. The minimum absolute atomic E-state index is 0.585. The molecule has 3 heteroatoms. The molecule has 0 bridgehead atoms. The largest absolute Gasteiger partial charge is 0.487 e. The Bertz CT molecular complexity index is 486. The summed E-state index contributed by atoms with van der Waals surface area (Å²) in [6, 6.07) is 14.2. The monoisotopic (exact) mass is 354 g/mol. The zero-order chi connectivity index (χ0) is 12.3. The number of hydrogen-bond donors (Lipinski definition) is 0. The Kier molecular flexibility index (Phi) is 4.24. The second-order valence-corrected chi connectivity index (χ2v) is 5.58. The fraction of sp³-hybridized carbons (Fsp3) is 0.143. The molecule has 17 heavy (non-hydrogen) atoms. The van der Waals surface area contributed by atoms with Crippen LogP contribution < -0.4 is 4.74 Å². The molecule has 0 heterocycles. The van der Waals surface area contributed by atoms with Crippen LogP contribution >= 0.6 is 31.9 Å². The Hall–Kier alpha value is -0.800. The maximum Gasteiger partial charge on any atom is 0.136 e. The molecule has 0 saturated carbocycles. The summed E-state index contributed by atoms with van der Waals surface area (Å²) in [5.41, 5.74) is 2.28. The van der Waals surface area contributed by atoms with Gasteiger partial charge in [0, 0.05) is 4.47 Å². The van der Waals surface area contributed by atoms with E-state index in [9.17, 15) is 0 Å². The maximum absolute atomic E-state index is 5.84. The Morgan fingerprint density at radius 1 is 1.06 bits per heavy atom. The molecule has 0 fully saturated rings. The molecule has 0 spiro atoms. The summed E-state index contributed by atoms with van der Waals surface area (Å²) in [6.45, 7) is 2.62. The van der Waals surface area contributed by atoms with Crippen LogP contribution in [-0.2, 0) is 6.61 Å². The molecule has 0 saturated heterocycles. The van der Waals surface area contributed by atoms with E-state index in [4.69, 9.17) is 4.74 Å². The molecular formula is C14H12Br2O. The van der Waals surface area contributed by atoms with Gasteiger partial charge in [-0.2, -0.15) is 0 Å². The molecule has 0 atom stereocenters. The first-order chi connectivity index (χ1) is 8.16. The minimum atomic E-state index is 0.585. The standard InChI is InChI=1S/C14H12Br2O/c1-10-7-12(15)8-13(16)14(10)17-9-11-5-3-2-4-6-11/h2-8H,9H2,1H3. The summed E-state index contributed by atoms with van der Waals surface area (Å²) >= 11 is 6.97. The van der Waals surface area contributed by atoms with E-state index in [1.807, 2.05) is 37.3 Å². The van der Waals surface area contributed by atoms with Gasteiger partial charge < -0.3 is 4.74 Å². The molecule has 0 aromatic heterocycles. The van der Waals surface area contributed by atoms with Gasteiger partial charge in [0.15, 0.2) is 0 Å². The maximum atomic E-state index is 5.84. The highest BCUT2D eigenvalue weighted by atomic mass is 79.9. The summed E-state index contributed by atoms with van der Waals surface area (Å²) in [4.78, 5) is 0. The Morgan fingerprint density at radius 2 is 1.76 bits per heavy atom. The molecular weight excluding hydrogens is 344 g/mol. The lowest BCUT2D eigenvalue weighted by Crippen LogP contribution is -1.97. The molecule has 0 aliphatic heterocycles. The fourth-order valence-electron chi connectivity index (χ4n) is 1.60. The van der Waals surface area contributed by atoms with Crippen LogP contribution in [0, 0.1) is 6.92 Å². The highest BCUT2D eigenvalue weighted by Crippen LogP contribution is 2.32. The highest BCUT2D eigenvalue weighted by molar-refractivity contribution is 9.11. The van der Waals surface area contributed by atoms with Crippen molar-refractivity contribution in [3.8, 4) is 5.75 Å². The van der Waals surface area contributed by atoms with Gasteiger partial charge in [0.05, 0.1) is 4.47 Å². The summed E-state index contributed by atoms with van der Waals surface area (Å²) < 4.78 is 7.86. The smallest absolute Gasteiger partial charge is 0.136 e. The zero-order valence-electron chi connectivity index (χ0n) is 9.41. The van der Waals surface area contributed by atoms with Crippen LogP contribution in [0.5, 0.6) is 5.75 Å². The lowest BCUT2D eigenvalue weighted by atomic mass is 10.2. The average molecular weight is 356 g/mol. The van der Waals surface area contributed by atoms with Crippen molar-refractivity contribution in [3.63, 3.8) is 0 Å². The van der Waals surface area contributed by atoms with E-state index in [2.05, 4.69) is 44.0 Å². The minimum Gasteiger partial charge on any atom is -0.487 e. The predicted octanol–water partition coefficient (Wildman–Crippen LogP) is 5.10. The van der Waals surface area contributed by atoms with Crippen LogP contribution in [0.25, 0.3) is 0 Å². The lowest BCUT2D eigenvalue weighted by molar-refractivity contribution is 0.302. The zero-order valence-corrected chi connectivity index (χ0v) is 12.6. The summed E-state index contributed by atoms with van der Waals surface area (Å²) in [5, 5.41) is 0. The lowest BCUT2D eigenvalue weighted by Gasteiger charge is -2.11. The third kappa shape index (κ3) is 3.33. The van der Waals surface area contributed by atoms with Crippen LogP contribution in [0.15, 0.2) is 51.4 Å². The highest BCUT2D eigenvalue weighted by Gasteiger charge is 2.06. The van der Waals surface area contributed by atoms with Crippen molar-refractivity contribution >= 4 is 31.9 Å². The van der Waals surface area contributed by atoms with E-state index in [-0.39, 0.29) is 0 Å². The van der Waals surface area contributed by atoms with Crippen molar-refractivity contribution < 1.29 is 4.74 Å². The molecule has 88 valence electrons. The van der Waals surface area contributed by atoms with Gasteiger partial charge in [0.25, 0.3) is 0 Å². The average Bonchev–Trinajstić information content (AvgIpc) is 2.29.